The van der Waals surface area contributed by atoms with E-state index in [-0.39, 0.29) is 0 Å². The third kappa shape index (κ3) is 2.27. The maximum atomic E-state index is 5.61. The number of nitrogens with zero attached hydrogens (tertiary/aromatic N) is 1. The zero-order valence-electron chi connectivity index (χ0n) is 10.3. The Bertz CT molecular complexity index is 246. The van der Waals surface area contributed by atoms with Gasteiger partial charge in [-0.1, -0.05) is 0 Å². The van der Waals surface area contributed by atoms with Crippen LogP contribution in [0.4, 0.5) is 0 Å². The molecule has 0 radical (unpaired) electrons. The number of hydrogen-bond acceptors (Lipinski definition) is 3. The van der Waals surface area contributed by atoms with Crippen LogP contribution in [0.25, 0.3) is 0 Å². The van der Waals surface area contributed by atoms with Crippen LogP contribution in [0.1, 0.15) is 32.6 Å². The molecule has 3 nitrogen and oxygen atoms in total. The van der Waals surface area contributed by atoms with Gasteiger partial charge in [-0.25, -0.2) is 0 Å². The van der Waals surface area contributed by atoms with Crippen molar-refractivity contribution in [3.05, 3.63) is 0 Å². The van der Waals surface area contributed by atoms with Gasteiger partial charge in [-0.2, -0.15) is 0 Å². The van der Waals surface area contributed by atoms with Crippen LogP contribution >= 0.6 is 0 Å². The van der Waals surface area contributed by atoms with E-state index in [9.17, 15) is 0 Å². The van der Waals surface area contributed by atoms with Crippen molar-refractivity contribution in [2.75, 3.05) is 26.2 Å². The topological polar surface area (TPSA) is 24.5 Å². The van der Waals surface area contributed by atoms with Gasteiger partial charge in [0.1, 0.15) is 0 Å². The van der Waals surface area contributed by atoms with E-state index in [1.807, 2.05) is 0 Å². The molecule has 0 aromatic heterocycles. The Hall–Kier alpha value is -0.120. The van der Waals surface area contributed by atoms with Crippen molar-refractivity contribution in [1.82, 2.24) is 10.2 Å². The van der Waals surface area contributed by atoms with Crippen LogP contribution in [0.5, 0.6) is 0 Å². The number of piperidine rings is 1. The molecule has 0 saturated carbocycles. The fraction of sp³-hybridized carbons (Fsp3) is 1.00. The van der Waals surface area contributed by atoms with Crippen molar-refractivity contribution in [1.29, 1.82) is 0 Å². The van der Waals surface area contributed by atoms with Gasteiger partial charge < -0.3 is 15.0 Å². The van der Waals surface area contributed by atoms with Crippen LogP contribution in [0.15, 0.2) is 0 Å². The number of fused-ring (bicyclic) bond motifs is 2. The molecule has 0 aromatic carbocycles. The molecule has 3 rings (SSSR count). The van der Waals surface area contributed by atoms with E-state index in [0.29, 0.717) is 12.1 Å². The molecule has 0 spiro atoms. The normalized spacial score (nSPS) is 48.2. The molecule has 92 valence electrons. The monoisotopic (exact) mass is 224 g/mol. The lowest BCUT2D eigenvalue weighted by atomic mass is 9.92. The average molecular weight is 224 g/mol. The Morgan fingerprint density at radius 1 is 1.19 bits per heavy atom. The van der Waals surface area contributed by atoms with E-state index in [0.717, 1.165) is 18.6 Å². The molecule has 0 aliphatic carbocycles. The molecule has 0 aromatic rings. The Kier molecular flexibility index (Phi) is 3.18. The summed E-state index contributed by atoms with van der Waals surface area (Å²) < 4.78 is 5.61. The van der Waals surface area contributed by atoms with E-state index in [4.69, 9.17) is 4.74 Å². The fourth-order valence-corrected chi connectivity index (χ4v) is 3.62. The van der Waals surface area contributed by atoms with E-state index in [2.05, 4.69) is 17.1 Å². The largest absolute Gasteiger partial charge is 0.378 e. The highest BCUT2D eigenvalue weighted by Crippen LogP contribution is 2.28. The Morgan fingerprint density at radius 3 is 2.94 bits per heavy atom. The summed E-state index contributed by atoms with van der Waals surface area (Å²) in [7, 11) is 0. The molecular weight excluding hydrogens is 200 g/mol. The van der Waals surface area contributed by atoms with Crippen molar-refractivity contribution in [3.8, 4) is 0 Å². The number of hydrogen-bond donors (Lipinski definition) is 1. The number of ether oxygens (including phenoxy) is 1. The van der Waals surface area contributed by atoms with Crippen molar-refractivity contribution in [2.24, 2.45) is 5.92 Å². The second-order valence-corrected chi connectivity index (χ2v) is 5.81. The minimum atomic E-state index is 0.454. The Labute approximate surface area is 98.5 Å². The number of nitrogens with one attached hydrogen (secondary N) is 1. The van der Waals surface area contributed by atoms with Crippen molar-refractivity contribution in [2.45, 2.75) is 50.8 Å². The maximum absolute atomic E-state index is 5.61. The Balaban J connectivity index is 1.53. The van der Waals surface area contributed by atoms with Crippen LogP contribution in [0.2, 0.25) is 0 Å². The lowest BCUT2D eigenvalue weighted by Gasteiger charge is -2.36. The smallest absolute Gasteiger partial charge is 0.0561 e. The fourth-order valence-electron chi connectivity index (χ4n) is 3.62. The molecule has 3 heteroatoms. The highest BCUT2D eigenvalue weighted by molar-refractivity contribution is 4.92. The molecule has 3 heterocycles. The van der Waals surface area contributed by atoms with Gasteiger partial charge in [0.05, 0.1) is 6.10 Å². The second-order valence-electron chi connectivity index (χ2n) is 5.81. The van der Waals surface area contributed by atoms with Gasteiger partial charge in [-0.05, 0) is 51.6 Å². The van der Waals surface area contributed by atoms with Crippen LogP contribution in [-0.4, -0.2) is 49.3 Å². The van der Waals surface area contributed by atoms with Crippen LogP contribution < -0.4 is 5.32 Å². The molecule has 16 heavy (non-hydrogen) atoms. The van der Waals surface area contributed by atoms with E-state index in [1.54, 1.807) is 0 Å². The molecule has 5 atom stereocenters. The first-order chi connectivity index (χ1) is 7.81. The van der Waals surface area contributed by atoms with E-state index >= 15 is 0 Å². The van der Waals surface area contributed by atoms with Gasteiger partial charge in [0.15, 0.2) is 0 Å². The summed E-state index contributed by atoms with van der Waals surface area (Å²) in [6, 6.07) is 1.50. The lowest BCUT2D eigenvalue weighted by Crippen LogP contribution is -2.50. The van der Waals surface area contributed by atoms with Crippen molar-refractivity contribution < 1.29 is 4.74 Å². The Morgan fingerprint density at radius 2 is 2.06 bits per heavy atom. The minimum absolute atomic E-state index is 0.454. The summed E-state index contributed by atoms with van der Waals surface area (Å²) in [6.45, 7) is 7.14. The molecule has 3 fully saturated rings. The first-order valence-electron chi connectivity index (χ1n) is 6.91. The van der Waals surface area contributed by atoms with Crippen LogP contribution in [0, 0.1) is 5.92 Å². The average Bonchev–Trinajstić information content (AvgIpc) is 2.66. The third-order valence-corrected chi connectivity index (χ3v) is 4.57. The third-order valence-electron chi connectivity index (χ3n) is 4.57. The molecule has 3 saturated heterocycles. The van der Waals surface area contributed by atoms with Crippen LogP contribution in [-0.2, 0) is 4.74 Å². The first kappa shape index (κ1) is 11.0. The second kappa shape index (κ2) is 4.63. The van der Waals surface area contributed by atoms with Gasteiger partial charge in [-0.3, -0.25) is 0 Å². The van der Waals surface area contributed by atoms with E-state index in [1.165, 1.54) is 45.3 Å². The van der Waals surface area contributed by atoms with E-state index < -0.39 is 0 Å². The van der Waals surface area contributed by atoms with Crippen LogP contribution in [0.3, 0.4) is 0 Å². The van der Waals surface area contributed by atoms with Crippen molar-refractivity contribution in [3.63, 3.8) is 0 Å². The summed E-state index contributed by atoms with van der Waals surface area (Å²) in [6.07, 6.45) is 5.63. The predicted octanol–water partition coefficient (Wildman–Crippen LogP) is 1.24. The molecular formula is C13H24N2O. The summed E-state index contributed by atoms with van der Waals surface area (Å²) >= 11 is 0. The number of rotatable bonds is 2. The standard InChI is InChI=1S/C13H24N2O/c1-10-8-12(4-7-16-10)14-13-3-6-15-5-2-11(13)9-15/h10-14H,2-9H2,1H3. The highest BCUT2D eigenvalue weighted by atomic mass is 16.5. The predicted molar refractivity (Wildman–Crippen MR) is 64.5 cm³/mol. The van der Waals surface area contributed by atoms with Gasteiger partial charge in [0.25, 0.3) is 0 Å². The minimum Gasteiger partial charge on any atom is -0.378 e. The lowest BCUT2D eigenvalue weighted by molar-refractivity contribution is 0.00853. The zero-order chi connectivity index (χ0) is 11.0. The van der Waals surface area contributed by atoms with Gasteiger partial charge in [0, 0.05) is 25.2 Å². The first-order valence-corrected chi connectivity index (χ1v) is 6.91. The molecule has 0 amide bonds. The zero-order valence-corrected chi connectivity index (χ0v) is 10.3. The molecule has 2 bridgehead atoms. The summed E-state index contributed by atoms with van der Waals surface area (Å²) in [5.74, 6) is 0.923. The summed E-state index contributed by atoms with van der Waals surface area (Å²) in [5.41, 5.74) is 0. The quantitative estimate of drug-likeness (QED) is 0.764. The molecule has 3 aliphatic rings. The van der Waals surface area contributed by atoms with Gasteiger partial charge >= 0.3 is 0 Å². The molecule has 5 unspecified atom stereocenters. The molecule has 3 aliphatic heterocycles. The SMILES string of the molecule is CC1CC(NC2CCN3CCC2C3)CCO1. The summed E-state index contributed by atoms with van der Waals surface area (Å²) in [5, 5.41) is 3.91. The van der Waals surface area contributed by atoms with Gasteiger partial charge in [-0.15, -0.1) is 0 Å². The summed E-state index contributed by atoms with van der Waals surface area (Å²) in [4.78, 5) is 2.62. The maximum Gasteiger partial charge on any atom is 0.0561 e. The van der Waals surface area contributed by atoms with Crippen molar-refractivity contribution >= 4 is 0 Å². The molecule has 1 N–H and O–H groups in total. The van der Waals surface area contributed by atoms with Gasteiger partial charge in [0.2, 0.25) is 0 Å². The highest BCUT2D eigenvalue weighted by Gasteiger charge is 2.35.